The predicted molar refractivity (Wildman–Crippen MR) is 104 cm³/mol. The minimum absolute atomic E-state index is 0.0729. The number of carbonyl (C=O) groups excluding carboxylic acids is 1. The molecule has 0 fully saturated rings. The Bertz CT molecular complexity index is 799. The van der Waals surface area contributed by atoms with Crippen molar-refractivity contribution in [1.29, 1.82) is 0 Å². The molecule has 1 heterocycles. The summed E-state index contributed by atoms with van der Waals surface area (Å²) < 4.78 is 26.0. The third kappa shape index (κ3) is 4.48. The number of aromatic nitrogens is 1. The van der Waals surface area contributed by atoms with Gasteiger partial charge in [-0.2, -0.15) is 0 Å². The number of halogens is 1. The van der Waals surface area contributed by atoms with Crippen LogP contribution in [0.15, 0.2) is 24.5 Å². The van der Waals surface area contributed by atoms with Crippen LogP contribution in [-0.2, 0) is 27.0 Å². The lowest BCUT2D eigenvalue weighted by molar-refractivity contribution is -0.142. The van der Waals surface area contributed by atoms with Gasteiger partial charge in [0, 0.05) is 23.3 Å². The van der Waals surface area contributed by atoms with Crippen LogP contribution in [0, 0.1) is 5.82 Å². The van der Waals surface area contributed by atoms with Gasteiger partial charge in [-0.3, -0.25) is 9.78 Å². The summed E-state index contributed by atoms with van der Waals surface area (Å²) in [6, 6.07) is 3.20. The molecule has 0 spiro atoms. The zero-order valence-corrected chi connectivity index (χ0v) is 17.5. The first-order chi connectivity index (χ1) is 12.1. The van der Waals surface area contributed by atoms with E-state index in [2.05, 4.69) is 38.8 Å². The van der Waals surface area contributed by atoms with E-state index in [1.807, 2.05) is 0 Å². The zero-order chi connectivity index (χ0) is 19.5. The van der Waals surface area contributed by atoms with Gasteiger partial charge in [-0.15, -0.1) is 0 Å². The average Bonchev–Trinajstić information content (AvgIpc) is 2.55. The second kappa shape index (κ2) is 7.84. The van der Waals surface area contributed by atoms with Crippen molar-refractivity contribution in [2.75, 3.05) is 6.61 Å². The normalized spacial score (nSPS) is 12.4. The number of hydrogen-bond donors (Lipinski definition) is 0. The van der Waals surface area contributed by atoms with Gasteiger partial charge in [0.25, 0.3) is 0 Å². The Kier molecular flexibility index (Phi) is 6.19. The number of nitrogens with zero attached hydrogens (tertiary/aromatic N) is 1. The smallest absolute Gasteiger partial charge is 0.310 e. The first-order valence-corrected chi connectivity index (χ1v) is 11.8. The van der Waals surface area contributed by atoms with Crippen LogP contribution >= 0.6 is 0 Å². The summed E-state index contributed by atoms with van der Waals surface area (Å²) in [5.74, 6) is -0.847. The van der Waals surface area contributed by atoms with Crippen LogP contribution in [0.5, 0.6) is 0 Å². The molecular weight excluding hydrogens is 349 g/mol. The van der Waals surface area contributed by atoms with E-state index in [1.54, 1.807) is 25.4 Å². The molecule has 0 aliphatic rings. The molecule has 2 aromatic rings. The second-order valence-corrected chi connectivity index (χ2v) is 12.8. The van der Waals surface area contributed by atoms with Crippen LogP contribution in [0.3, 0.4) is 0 Å². The SMILES string of the molecule is CCOC(=O)Cc1c(F)cc(CO[Si](C)(C)C(C)(C)C)c2cnccc12. The molecule has 1 aromatic carbocycles. The first-order valence-electron chi connectivity index (χ1n) is 8.90. The van der Waals surface area contributed by atoms with Gasteiger partial charge < -0.3 is 9.16 Å². The van der Waals surface area contributed by atoms with E-state index in [0.717, 1.165) is 10.9 Å². The van der Waals surface area contributed by atoms with E-state index < -0.39 is 20.1 Å². The quantitative estimate of drug-likeness (QED) is 0.525. The predicted octanol–water partition coefficient (Wildman–Crippen LogP) is 5.00. The first kappa shape index (κ1) is 20.5. The van der Waals surface area contributed by atoms with Crippen LogP contribution in [0.1, 0.15) is 38.8 Å². The van der Waals surface area contributed by atoms with Crippen molar-refractivity contribution in [1.82, 2.24) is 4.98 Å². The Morgan fingerprint density at radius 3 is 2.58 bits per heavy atom. The molecule has 142 valence electrons. The van der Waals surface area contributed by atoms with E-state index in [1.165, 1.54) is 6.07 Å². The molecule has 0 aliphatic heterocycles. The van der Waals surface area contributed by atoms with E-state index >= 15 is 0 Å². The molecule has 2 rings (SSSR count). The lowest BCUT2D eigenvalue weighted by Crippen LogP contribution is -2.40. The molecule has 0 radical (unpaired) electrons. The molecule has 0 atom stereocenters. The summed E-state index contributed by atoms with van der Waals surface area (Å²) in [5, 5.41) is 1.57. The van der Waals surface area contributed by atoms with Gasteiger partial charge in [0.05, 0.1) is 19.6 Å². The molecule has 0 saturated carbocycles. The molecule has 26 heavy (non-hydrogen) atoms. The number of ether oxygens (including phenoxy) is 1. The Hall–Kier alpha value is -1.79. The maximum Gasteiger partial charge on any atom is 0.310 e. The van der Waals surface area contributed by atoms with Crippen LogP contribution in [0.25, 0.3) is 10.8 Å². The fourth-order valence-electron chi connectivity index (χ4n) is 2.49. The lowest BCUT2D eigenvalue weighted by atomic mass is 9.99. The molecule has 0 amide bonds. The van der Waals surface area contributed by atoms with Crippen LogP contribution in [0.2, 0.25) is 18.1 Å². The Morgan fingerprint density at radius 1 is 1.27 bits per heavy atom. The number of fused-ring (bicyclic) bond motifs is 1. The Balaban J connectivity index is 2.40. The van der Waals surface area contributed by atoms with Crippen LogP contribution in [-0.4, -0.2) is 25.9 Å². The summed E-state index contributed by atoms with van der Waals surface area (Å²) in [5.41, 5.74) is 1.10. The molecular formula is C20H28FNO3Si. The molecule has 6 heteroatoms. The topological polar surface area (TPSA) is 48.4 Å². The average molecular weight is 378 g/mol. The van der Waals surface area contributed by atoms with Gasteiger partial charge >= 0.3 is 5.97 Å². The molecule has 1 aromatic heterocycles. The number of esters is 1. The largest absolute Gasteiger partial charge is 0.466 e. The highest BCUT2D eigenvalue weighted by Crippen LogP contribution is 2.37. The highest BCUT2D eigenvalue weighted by molar-refractivity contribution is 6.74. The highest BCUT2D eigenvalue weighted by atomic mass is 28.4. The van der Waals surface area contributed by atoms with Crippen molar-refractivity contribution < 1.29 is 18.3 Å². The van der Waals surface area contributed by atoms with Crippen molar-refractivity contribution >= 4 is 25.1 Å². The lowest BCUT2D eigenvalue weighted by Gasteiger charge is -2.36. The Labute approximate surface area is 155 Å². The van der Waals surface area contributed by atoms with E-state index in [0.29, 0.717) is 17.6 Å². The van der Waals surface area contributed by atoms with Crippen molar-refractivity contribution in [2.24, 2.45) is 0 Å². The van der Waals surface area contributed by atoms with Gasteiger partial charge in [0.15, 0.2) is 8.32 Å². The second-order valence-electron chi connectivity index (χ2n) is 7.95. The fourth-order valence-corrected chi connectivity index (χ4v) is 3.44. The van der Waals surface area contributed by atoms with Crippen molar-refractivity contribution in [3.8, 4) is 0 Å². The molecule has 0 bridgehead atoms. The molecule has 0 unspecified atom stereocenters. The monoisotopic (exact) mass is 377 g/mol. The summed E-state index contributed by atoms with van der Waals surface area (Å²) in [7, 11) is -1.96. The Morgan fingerprint density at radius 2 is 1.96 bits per heavy atom. The van der Waals surface area contributed by atoms with Gasteiger partial charge in [-0.1, -0.05) is 20.8 Å². The fraction of sp³-hybridized carbons (Fsp3) is 0.500. The van der Waals surface area contributed by atoms with Crippen molar-refractivity contribution in [2.45, 2.75) is 58.9 Å². The van der Waals surface area contributed by atoms with Crippen molar-refractivity contribution in [3.63, 3.8) is 0 Å². The van der Waals surface area contributed by atoms with Gasteiger partial charge in [-0.05, 0) is 48.1 Å². The van der Waals surface area contributed by atoms with Crippen LogP contribution < -0.4 is 0 Å². The number of rotatable bonds is 6. The van der Waals surface area contributed by atoms with Gasteiger partial charge in [0.1, 0.15) is 5.82 Å². The number of hydrogen-bond acceptors (Lipinski definition) is 4. The summed E-state index contributed by atoms with van der Waals surface area (Å²) in [6.45, 7) is 13.2. The minimum atomic E-state index is -1.96. The third-order valence-electron chi connectivity index (χ3n) is 5.10. The number of carbonyl (C=O) groups is 1. The molecule has 0 N–H and O–H groups in total. The maximum absolute atomic E-state index is 14.8. The third-order valence-corrected chi connectivity index (χ3v) is 9.58. The summed E-state index contributed by atoms with van der Waals surface area (Å²) in [4.78, 5) is 16.0. The molecule has 0 aliphatic carbocycles. The van der Waals surface area contributed by atoms with Crippen molar-refractivity contribution in [3.05, 3.63) is 41.5 Å². The molecule has 0 saturated heterocycles. The summed E-state index contributed by atoms with van der Waals surface area (Å²) in [6.07, 6.45) is 3.21. The number of pyridine rings is 1. The van der Waals surface area contributed by atoms with Crippen LogP contribution in [0.4, 0.5) is 4.39 Å². The highest BCUT2D eigenvalue weighted by Gasteiger charge is 2.37. The standard InChI is InChI=1S/C20H28FNO3Si/c1-7-24-19(23)11-16-15-8-9-22-12-17(15)14(10-18(16)21)13-25-26(5,6)20(2,3)4/h8-10,12H,7,11,13H2,1-6H3. The maximum atomic E-state index is 14.8. The van der Waals surface area contributed by atoms with Gasteiger partial charge in [-0.25, -0.2) is 4.39 Å². The summed E-state index contributed by atoms with van der Waals surface area (Å²) >= 11 is 0. The van der Waals surface area contributed by atoms with E-state index in [4.69, 9.17) is 9.16 Å². The molecule has 4 nitrogen and oxygen atoms in total. The van der Waals surface area contributed by atoms with Gasteiger partial charge in [0.2, 0.25) is 0 Å². The van der Waals surface area contributed by atoms with E-state index in [9.17, 15) is 9.18 Å². The zero-order valence-electron chi connectivity index (χ0n) is 16.5. The van der Waals surface area contributed by atoms with E-state index in [-0.39, 0.29) is 18.1 Å². The minimum Gasteiger partial charge on any atom is -0.466 e. The number of benzene rings is 1.